The fourth-order valence-electron chi connectivity index (χ4n) is 1.35. The lowest BCUT2D eigenvalue weighted by atomic mass is 10.1. The Kier molecular flexibility index (Phi) is 4.84. The van der Waals surface area contributed by atoms with Crippen LogP contribution in [0.2, 0.25) is 0 Å². The first-order chi connectivity index (χ1) is 7.24. The third-order valence-electron chi connectivity index (χ3n) is 2.33. The van der Waals surface area contributed by atoms with Crippen LogP contribution >= 0.6 is 0 Å². The standard InChI is InChI=1S/C12H17NO2/c1-13(12(15)8-10-14)9-7-11-5-3-2-4-6-11/h2-6,14H,7-10H2,1H3. The second-order valence-electron chi connectivity index (χ2n) is 3.52. The van der Waals surface area contributed by atoms with Crippen molar-refractivity contribution >= 4 is 5.91 Å². The van der Waals surface area contributed by atoms with Crippen molar-refractivity contribution in [2.24, 2.45) is 0 Å². The van der Waals surface area contributed by atoms with Gasteiger partial charge in [-0.15, -0.1) is 0 Å². The Hall–Kier alpha value is -1.35. The average molecular weight is 207 g/mol. The summed E-state index contributed by atoms with van der Waals surface area (Å²) >= 11 is 0. The molecule has 0 heterocycles. The fourth-order valence-corrected chi connectivity index (χ4v) is 1.35. The first-order valence-electron chi connectivity index (χ1n) is 5.13. The molecule has 1 aromatic carbocycles. The molecule has 0 radical (unpaired) electrons. The molecule has 0 aromatic heterocycles. The van der Waals surface area contributed by atoms with Gasteiger partial charge in [-0.25, -0.2) is 0 Å². The Morgan fingerprint density at radius 2 is 2.00 bits per heavy atom. The highest BCUT2D eigenvalue weighted by atomic mass is 16.3. The van der Waals surface area contributed by atoms with Crippen LogP contribution in [0, 0.1) is 0 Å². The molecule has 0 aliphatic carbocycles. The molecule has 3 heteroatoms. The number of hydrogen-bond donors (Lipinski definition) is 1. The van der Waals surface area contributed by atoms with Crippen molar-refractivity contribution < 1.29 is 9.90 Å². The summed E-state index contributed by atoms with van der Waals surface area (Å²) in [4.78, 5) is 13.0. The zero-order valence-corrected chi connectivity index (χ0v) is 9.02. The van der Waals surface area contributed by atoms with Gasteiger partial charge in [0.2, 0.25) is 5.91 Å². The van der Waals surface area contributed by atoms with Gasteiger partial charge in [0.1, 0.15) is 0 Å². The van der Waals surface area contributed by atoms with Gasteiger partial charge in [-0.05, 0) is 12.0 Å². The van der Waals surface area contributed by atoms with Crippen LogP contribution < -0.4 is 0 Å². The summed E-state index contributed by atoms with van der Waals surface area (Å²) in [5.41, 5.74) is 1.22. The first-order valence-corrected chi connectivity index (χ1v) is 5.13. The van der Waals surface area contributed by atoms with E-state index in [0.717, 1.165) is 6.42 Å². The minimum absolute atomic E-state index is 0.00608. The Labute approximate surface area is 90.3 Å². The van der Waals surface area contributed by atoms with Crippen LogP contribution in [0.1, 0.15) is 12.0 Å². The van der Waals surface area contributed by atoms with E-state index in [4.69, 9.17) is 5.11 Å². The van der Waals surface area contributed by atoms with E-state index in [1.807, 2.05) is 30.3 Å². The van der Waals surface area contributed by atoms with Crippen LogP contribution in [0.4, 0.5) is 0 Å². The van der Waals surface area contributed by atoms with Crippen LogP contribution in [0.15, 0.2) is 30.3 Å². The molecular formula is C12H17NO2. The maximum atomic E-state index is 11.3. The van der Waals surface area contributed by atoms with Gasteiger partial charge in [0.15, 0.2) is 0 Å². The van der Waals surface area contributed by atoms with Crippen LogP contribution in [-0.4, -0.2) is 36.1 Å². The van der Waals surface area contributed by atoms with E-state index < -0.39 is 0 Å². The van der Waals surface area contributed by atoms with Crippen LogP contribution in [0.5, 0.6) is 0 Å². The molecule has 0 spiro atoms. The summed E-state index contributed by atoms with van der Waals surface area (Å²) in [7, 11) is 1.76. The number of aliphatic hydroxyl groups excluding tert-OH is 1. The lowest BCUT2D eigenvalue weighted by Crippen LogP contribution is -2.29. The second-order valence-corrected chi connectivity index (χ2v) is 3.52. The molecule has 1 rings (SSSR count). The van der Waals surface area contributed by atoms with E-state index in [2.05, 4.69) is 0 Å². The second kappa shape index (κ2) is 6.19. The first kappa shape index (κ1) is 11.7. The largest absolute Gasteiger partial charge is 0.396 e. The van der Waals surface area contributed by atoms with E-state index in [1.165, 1.54) is 5.56 Å². The molecule has 3 nitrogen and oxygen atoms in total. The van der Waals surface area contributed by atoms with Gasteiger partial charge < -0.3 is 10.0 Å². The predicted molar refractivity (Wildman–Crippen MR) is 59.5 cm³/mol. The van der Waals surface area contributed by atoms with E-state index in [0.29, 0.717) is 6.54 Å². The van der Waals surface area contributed by atoms with Gasteiger partial charge in [-0.1, -0.05) is 30.3 Å². The summed E-state index contributed by atoms with van der Waals surface area (Å²) in [6.45, 7) is 0.622. The van der Waals surface area contributed by atoms with Crippen LogP contribution in [-0.2, 0) is 11.2 Å². The number of nitrogens with zero attached hydrogens (tertiary/aromatic N) is 1. The molecule has 0 unspecified atom stereocenters. The van der Waals surface area contributed by atoms with Gasteiger partial charge in [-0.2, -0.15) is 0 Å². The van der Waals surface area contributed by atoms with E-state index in [1.54, 1.807) is 11.9 Å². The van der Waals surface area contributed by atoms with Crippen molar-refractivity contribution in [2.75, 3.05) is 20.2 Å². The normalized spacial score (nSPS) is 10.0. The van der Waals surface area contributed by atoms with Crippen molar-refractivity contribution in [1.82, 2.24) is 4.90 Å². The molecule has 0 saturated heterocycles. The Balaban J connectivity index is 2.34. The number of benzene rings is 1. The minimum Gasteiger partial charge on any atom is -0.396 e. The van der Waals surface area contributed by atoms with E-state index >= 15 is 0 Å². The summed E-state index contributed by atoms with van der Waals surface area (Å²) < 4.78 is 0. The molecular weight excluding hydrogens is 190 g/mol. The highest BCUT2D eigenvalue weighted by Gasteiger charge is 2.06. The van der Waals surface area contributed by atoms with Crippen molar-refractivity contribution in [2.45, 2.75) is 12.8 Å². The molecule has 0 saturated carbocycles. The molecule has 1 N–H and O–H groups in total. The number of likely N-dealkylation sites (N-methyl/N-ethyl adjacent to an activating group) is 1. The molecule has 15 heavy (non-hydrogen) atoms. The van der Waals surface area contributed by atoms with Crippen LogP contribution in [0.3, 0.4) is 0 Å². The third-order valence-corrected chi connectivity index (χ3v) is 2.33. The molecule has 1 aromatic rings. The molecule has 0 bridgehead atoms. The van der Waals surface area contributed by atoms with E-state index in [-0.39, 0.29) is 18.9 Å². The Bertz CT molecular complexity index is 298. The van der Waals surface area contributed by atoms with Crippen molar-refractivity contribution in [1.29, 1.82) is 0 Å². The summed E-state index contributed by atoms with van der Waals surface area (Å²) in [6, 6.07) is 10.1. The molecule has 1 amide bonds. The van der Waals surface area contributed by atoms with Crippen LogP contribution in [0.25, 0.3) is 0 Å². The van der Waals surface area contributed by atoms with Crippen molar-refractivity contribution in [3.8, 4) is 0 Å². The maximum Gasteiger partial charge on any atom is 0.224 e. The van der Waals surface area contributed by atoms with Crippen molar-refractivity contribution in [3.05, 3.63) is 35.9 Å². The number of amides is 1. The van der Waals surface area contributed by atoms with Gasteiger partial charge >= 0.3 is 0 Å². The molecule has 0 aliphatic rings. The van der Waals surface area contributed by atoms with E-state index in [9.17, 15) is 4.79 Å². The topological polar surface area (TPSA) is 40.5 Å². The zero-order chi connectivity index (χ0) is 11.1. The number of carbonyl (C=O) groups is 1. The van der Waals surface area contributed by atoms with Gasteiger partial charge in [0.05, 0.1) is 6.61 Å². The number of aliphatic hydroxyl groups is 1. The minimum atomic E-state index is -0.0749. The molecule has 0 fully saturated rings. The number of hydrogen-bond acceptors (Lipinski definition) is 2. The monoisotopic (exact) mass is 207 g/mol. The summed E-state index contributed by atoms with van der Waals surface area (Å²) in [5.74, 6) is -0.00608. The lowest BCUT2D eigenvalue weighted by molar-refractivity contribution is -0.130. The highest BCUT2D eigenvalue weighted by molar-refractivity contribution is 5.75. The van der Waals surface area contributed by atoms with Crippen molar-refractivity contribution in [3.63, 3.8) is 0 Å². The highest BCUT2D eigenvalue weighted by Crippen LogP contribution is 2.01. The lowest BCUT2D eigenvalue weighted by Gasteiger charge is -2.16. The summed E-state index contributed by atoms with van der Waals surface area (Å²) in [6.07, 6.45) is 1.07. The van der Waals surface area contributed by atoms with Gasteiger partial charge in [0.25, 0.3) is 0 Å². The fraction of sp³-hybridized carbons (Fsp3) is 0.417. The third kappa shape index (κ3) is 4.13. The van der Waals surface area contributed by atoms with Gasteiger partial charge in [0, 0.05) is 20.0 Å². The predicted octanol–water partition coefficient (Wildman–Crippen LogP) is 1.07. The summed E-state index contributed by atoms with van der Waals surface area (Å²) in [5, 5.41) is 8.62. The Morgan fingerprint density at radius 3 is 2.60 bits per heavy atom. The SMILES string of the molecule is CN(CCc1ccccc1)C(=O)CCO. The average Bonchev–Trinajstić information content (AvgIpc) is 2.27. The molecule has 0 atom stereocenters. The molecule has 82 valence electrons. The maximum absolute atomic E-state index is 11.3. The Morgan fingerprint density at radius 1 is 1.33 bits per heavy atom. The van der Waals surface area contributed by atoms with Gasteiger partial charge in [-0.3, -0.25) is 4.79 Å². The number of rotatable bonds is 5. The molecule has 0 aliphatic heterocycles. The zero-order valence-electron chi connectivity index (χ0n) is 9.02. The quantitative estimate of drug-likeness (QED) is 0.784. The smallest absolute Gasteiger partial charge is 0.224 e. The number of carbonyl (C=O) groups excluding carboxylic acids is 1.